The van der Waals surface area contributed by atoms with Crippen LogP contribution in [0.4, 0.5) is 0 Å². The first-order valence-electron chi connectivity index (χ1n) is 2.82. The number of hydrogen-bond donors (Lipinski definition) is 2. The third kappa shape index (κ3) is 0.872. The SMILES string of the molecule is CNC(=N)N1CCC1=O. The Morgan fingerprint density at radius 2 is 2.56 bits per heavy atom. The van der Waals surface area contributed by atoms with E-state index < -0.39 is 0 Å². The molecule has 0 aliphatic carbocycles. The van der Waals surface area contributed by atoms with Gasteiger partial charge in [0, 0.05) is 20.0 Å². The van der Waals surface area contributed by atoms with E-state index in [1.54, 1.807) is 7.05 Å². The predicted molar refractivity (Wildman–Crippen MR) is 33.1 cm³/mol. The first-order chi connectivity index (χ1) is 4.25. The Bertz CT molecular complexity index is 154. The lowest BCUT2D eigenvalue weighted by atomic mass is 10.2. The van der Waals surface area contributed by atoms with Crippen molar-refractivity contribution in [3.63, 3.8) is 0 Å². The fourth-order valence-electron chi connectivity index (χ4n) is 0.686. The van der Waals surface area contributed by atoms with Gasteiger partial charge < -0.3 is 5.32 Å². The summed E-state index contributed by atoms with van der Waals surface area (Å²) >= 11 is 0. The summed E-state index contributed by atoms with van der Waals surface area (Å²) in [7, 11) is 1.63. The molecule has 0 unspecified atom stereocenters. The molecule has 0 saturated carbocycles. The van der Waals surface area contributed by atoms with Gasteiger partial charge >= 0.3 is 0 Å². The van der Waals surface area contributed by atoms with Crippen molar-refractivity contribution in [2.75, 3.05) is 13.6 Å². The summed E-state index contributed by atoms with van der Waals surface area (Å²) in [5.74, 6) is 0.237. The topological polar surface area (TPSA) is 56.2 Å². The molecule has 0 aromatic rings. The van der Waals surface area contributed by atoms with E-state index in [1.165, 1.54) is 4.90 Å². The normalized spacial score (nSPS) is 17.0. The lowest BCUT2D eigenvalue weighted by Crippen LogP contribution is -2.51. The molecule has 0 spiro atoms. The predicted octanol–water partition coefficient (Wildman–Crippen LogP) is -0.627. The van der Waals surface area contributed by atoms with E-state index in [0.29, 0.717) is 13.0 Å². The lowest BCUT2D eigenvalue weighted by molar-refractivity contribution is -0.134. The fraction of sp³-hybridized carbons (Fsp3) is 0.600. The second-order valence-corrected chi connectivity index (χ2v) is 1.89. The minimum atomic E-state index is 0.0364. The molecule has 0 atom stereocenters. The number of carbonyl (C=O) groups excluding carboxylic acids is 1. The minimum absolute atomic E-state index is 0.0364. The standard InChI is InChI=1S/C5H9N3O/c1-7-5(6)8-3-2-4(8)9/h2-3H2,1H3,(H2,6,7). The first-order valence-corrected chi connectivity index (χ1v) is 2.82. The summed E-state index contributed by atoms with van der Waals surface area (Å²) in [5, 5.41) is 9.70. The molecule has 2 N–H and O–H groups in total. The summed E-state index contributed by atoms with van der Waals surface area (Å²) < 4.78 is 0. The van der Waals surface area contributed by atoms with Crippen LogP contribution >= 0.6 is 0 Å². The number of nitrogens with zero attached hydrogens (tertiary/aromatic N) is 1. The van der Waals surface area contributed by atoms with Gasteiger partial charge in [0.15, 0.2) is 5.96 Å². The van der Waals surface area contributed by atoms with Gasteiger partial charge in [-0.2, -0.15) is 0 Å². The Morgan fingerprint density at radius 1 is 1.89 bits per heavy atom. The van der Waals surface area contributed by atoms with E-state index in [2.05, 4.69) is 5.32 Å². The van der Waals surface area contributed by atoms with Crippen LogP contribution in [-0.4, -0.2) is 30.4 Å². The van der Waals surface area contributed by atoms with Crippen LogP contribution in [0.5, 0.6) is 0 Å². The van der Waals surface area contributed by atoms with E-state index in [4.69, 9.17) is 5.41 Å². The summed E-state index contributed by atoms with van der Waals surface area (Å²) in [6.45, 7) is 0.693. The third-order valence-corrected chi connectivity index (χ3v) is 1.36. The number of likely N-dealkylation sites (tertiary alicyclic amines) is 1. The summed E-state index contributed by atoms with van der Waals surface area (Å²) in [5.41, 5.74) is 0. The first kappa shape index (κ1) is 6.07. The van der Waals surface area contributed by atoms with Crippen LogP contribution in [0.25, 0.3) is 0 Å². The van der Waals surface area contributed by atoms with Gasteiger partial charge in [-0.25, -0.2) is 0 Å². The summed E-state index contributed by atoms with van der Waals surface area (Å²) in [4.78, 5) is 12.0. The highest BCUT2D eigenvalue weighted by atomic mass is 16.2. The van der Waals surface area contributed by atoms with E-state index in [1.807, 2.05) is 0 Å². The molecule has 4 nitrogen and oxygen atoms in total. The van der Waals surface area contributed by atoms with E-state index in [0.717, 1.165) is 0 Å². The van der Waals surface area contributed by atoms with Gasteiger partial charge in [-0.3, -0.25) is 15.1 Å². The quantitative estimate of drug-likeness (QED) is 0.259. The number of rotatable bonds is 0. The molecule has 1 rings (SSSR count). The molecule has 1 heterocycles. The average molecular weight is 127 g/mol. The molecule has 0 aromatic heterocycles. The highest BCUT2D eigenvalue weighted by molar-refractivity contribution is 5.99. The molecule has 1 fully saturated rings. The van der Waals surface area contributed by atoms with Gasteiger partial charge in [-0.15, -0.1) is 0 Å². The molecule has 0 aromatic carbocycles. The van der Waals surface area contributed by atoms with Crippen LogP contribution in [0.15, 0.2) is 0 Å². The third-order valence-electron chi connectivity index (χ3n) is 1.36. The van der Waals surface area contributed by atoms with Crippen LogP contribution in [0, 0.1) is 5.41 Å². The second kappa shape index (κ2) is 2.05. The van der Waals surface area contributed by atoms with Gasteiger partial charge in [-0.05, 0) is 0 Å². The number of carbonyl (C=O) groups is 1. The maximum Gasteiger partial charge on any atom is 0.231 e. The van der Waals surface area contributed by atoms with Crippen molar-refractivity contribution < 1.29 is 4.79 Å². The van der Waals surface area contributed by atoms with Gasteiger partial charge in [0.25, 0.3) is 0 Å². The van der Waals surface area contributed by atoms with Crippen LogP contribution in [0.3, 0.4) is 0 Å². The van der Waals surface area contributed by atoms with E-state index >= 15 is 0 Å². The molecular formula is C5H9N3O. The van der Waals surface area contributed by atoms with E-state index in [-0.39, 0.29) is 11.9 Å². The van der Waals surface area contributed by atoms with Crippen LogP contribution in [0.1, 0.15) is 6.42 Å². The Hall–Kier alpha value is -1.06. The number of nitrogens with one attached hydrogen (secondary N) is 2. The number of β-lactam (4-membered cyclic amide) rings is 1. The van der Waals surface area contributed by atoms with Gasteiger partial charge in [0.2, 0.25) is 5.91 Å². The molecule has 1 saturated heterocycles. The molecular weight excluding hydrogens is 118 g/mol. The van der Waals surface area contributed by atoms with Crippen molar-refractivity contribution in [3.05, 3.63) is 0 Å². The van der Waals surface area contributed by atoms with Crippen molar-refractivity contribution >= 4 is 11.9 Å². The molecule has 0 radical (unpaired) electrons. The second-order valence-electron chi connectivity index (χ2n) is 1.89. The van der Waals surface area contributed by atoms with Crippen molar-refractivity contribution in [3.8, 4) is 0 Å². The largest absolute Gasteiger partial charge is 0.359 e. The van der Waals surface area contributed by atoms with E-state index in [9.17, 15) is 4.79 Å². The minimum Gasteiger partial charge on any atom is -0.359 e. The molecule has 1 aliphatic heterocycles. The maximum atomic E-state index is 10.6. The van der Waals surface area contributed by atoms with Crippen molar-refractivity contribution in [2.45, 2.75) is 6.42 Å². The smallest absolute Gasteiger partial charge is 0.231 e. The summed E-state index contributed by atoms with van der Waals surface area (Å²) in [6.07, 6.45) is 0.587. The zero-order valence-corrected chi connectivity index (χ0v) is 5.27. The Kier molecular flexibility index (Phi) is 1.38. The van der Waals surface area contributed by atoms with Crippen LogP contribution in [-0.2, 0) is 4.79 Å². The Balaban J connectivity index is 2.44. The lowest BCUT2D eigenvalue weighted by Gasteiger charge is -2.29. The fourth-order valence-corrected chi connectivity index (χ4v) is 0.686. The molecule has 1 aliphatic rings. The number of hydrogen-bond acceptors (Lipinski definition) is 2. The highest BCUT2D eigenvalue weighted by Crippen LogP contribution is 2.06. The van der Waals surface area contributed by atoms with Crippen molar-refractivity contribution in [1.82, 2.24) is 10.2 Å². The average Bonchev–Trinajstić information content (AvgIpc) is 1.84. The molecule has 1 amide bonds. The van der Waals surface area contributed by atoms with Crippen LogP contribution < -0.4 is 5.32 Å². The number of amides is 1. The van der Waals surface area contributed by atoms with Gasteiger partial charge in [0.05, 0.1) is 0 Å². The Labute approximate surface area is 53.3 Å². The number of guanidine groups is 1. The van der Waals surface area contributed by atoms with Gasteiger partial charge in [-0.1, -0.05) is 0 Å². The Morgan fingerprint density at radius 3 is 2.67 bits per heavy atom. The molecule has 9 heavy (non-hydrogen) atoms. The molecule has 4 heteroatoms. The van der Waals surface area contributed by atoms with Crippen molar-refractivity contribution in [2.24, 2.45) is 0 Å². The maximum absolute atomic E-state index is 10.6. The molecule has 0 bridgehead atoms. The summed E-state index contributed by atoms with van der Waals surface area (Å²) in [6, 6.07) is 0. The van der Waals surface area contributed by atoms with Crippen molar-refractivity contribution in [1.29, 1.82) is 5.41 Å². The monoisotopic (exact) mass is 127 g/mol. The van der Waals surface area contributed by atoms with Crippen LogP contribution in [0.2, 0.25) is 0 Å². The zero-order valence-electron chi connectivity index (χ0n) is 5.27. The van der Waals surface area contributed by atoms with Gasteiger partial charge in [0.1, 0.15) is 0 Å². The molecule has 50 valence electrons. The zero-order chi connectivity index (χ0) is 6.85. The highest BCUT2D eigenvalue weighted by Gasteiger charge is 2.26.